The van der Waals surface area contributed by atoms with E-state index in [1.807, 2.05) is 49.4 Å². The minimum absolute atomic E-state index is 0.397. The molecule has 0 radical (unpaired) electrons. The largest absolute Gasteiger partial charge is 0.494 e. The zero-order chi connectivity index (χ0) is 22.5. The summed E-state index contributed by atoms with van der Waals surface area (Å²) < 4.78 is 12.6. The van der Waals surface area contributed by atoms with Crippen LogP contribution in [0.2, 0.25) is 0 Å². The van der Waals surface area contributed by atoms with Gasteiger partial charge in [0.25, 0.3) is 0 Å². The van der Waals surface area contributed by atoms with Gasteiger partial charge in [-0.05, 0) is 36.6 Å². The van der Waals surface area contributed by atoms with E-state index in [2.05, 4.69) is 29.4 Å². The first-order chi connectivity index (χ1) is 15.6. The Labute approximate surface area is 191 Å². The Balaban J connectivity index is 1.66. The summed E-state index contributed by atoms with van der Waals surface area (Å²) in [6.07, 6.45) is 0.941. The highest BCUT2D eigenvalue weighted by Crippen LogP contribution is 2.37. The van der Waals surface area contributed by atoms with E-state index >= 15 is 0 Å². The highest BCUT2D eigenvalue weighted by atomic mass is 32.2. The topological polar surface area (TPSA) is 78.3 Å². The number of anilines is 1. The molecule has 0 fully saturated rings. The number of benzene rings is 2. The zero-order valence-corrected chi connectivity index (χ0v) is 19.2. The fourth-order valence-corrected chi connectivity index (χ4v) is 4.35. The lowest BCUT2D eigenvalue weighted by Gasteiger charge is -2.27. The van der Waals surface area contributed by atoms with Crippen LogP contribution in [-0.4, -0.2) is 34.5 Å². The van der Waals surface area contributed by atoms with Gasteiger partial charge >= 0.3 is 5.97 Å². The standard InChI is InChI=1S/C24H26N4O3S/c1-4-14-31-19-12-10-18(11-13-19)21-20(22(29)30-3)16(2)25-23-26-24(27-28(21)23)32-15-17-8-6-5-7-9-17/h5-13,21H,4,14-15H2,1-3H3,(H,25,26,27). The summed E-state index contributed by atoms with van der Waals surface area (Å²) in [4.78, 5) is 17.3. The van der Waals surface area contributed by atoms with Gasteiger partial charge in [0.1, 0.15) is 11.8 Å². The minimum Gasteiger partial charge on any atom is -0.494 e. The lowest BCUT2D eigenvalue weighted by molar-refractivity contribution is -0.136. The van der Waals surface area contributed by atoms with E-state index in [1.54, 1.807) is 16.4 Å². The van der Waals surface area contributed by atoms with Crippen LogP contribution in [0, 0.1) is 0 Å². The fourth-order valence-electron chi connectivity index (χ4n) is 3.56. The number of thioether (sulfide) groups is 1. The number of aromatic nitrogens is 3. The van der Waals surface area contributed by atoms with Crippen molar-refractivity contribution in [2.45, 2.75) is 37.2 Å². The number of hydrogen-bond acceptors (Lipinski definition) is 7. The molecule has 1 unspecified atom stereocenters. The summed E-state index contributed by atoms with van der Waals surface area (Å²) >= 11 is 1.55. The molecule has 2 heterocycles. The third-order valence-corrected chi connectivity index (χ3v) is 6.03. The van der Waals surface area contributed by atoms with Crippen LogP contribution in [0.5, 0.6) is 5.75 Å². The molecule has 1 aliphatic rings. The summed E-state index contributed by atoms with van der Waals surface area (Å²) in [5.74, 6) is 1.75. The quantitative estimate of drug-likeness (QED) is 0.389. The van der Waals surface area contributed by atoms with E-state index in [-0.39, 0.29) is 0 Å². The SMILES string of the molecule is CCCOc1ccc(C2C(C(=O)OC)=C(C)Nc3nc(SCc4ccccc4)nn32)cc1. The Morgan fingerprint density at radius 2 is 1.91 bits per heavy atom. The molecule has 0 aliphatic carbocycles. The molecule has 1 N–H and O–H groups in total. The number of esters is 1. The van der Waals surface area contributed by atoms with Gasteiger partial charge in [-0.1, -0.05) is 61.2 Å². The molecule has 7 nitrogen and oxygen atoms in total. The maximum Gasteiger partial charge on any atom is 0.338 e. The fraction of sp³-hybridized carbons (Fsp3) is 0.292. The van der Waals surface area contributed by atoms with Gasteiger partial charge in [-0.25, -0.2) is 9.48 Å². The van der Waals surface area contributed by atoms with Crippen LogP contribution in [0.1, 0.15) is 37.4 Å². The van der Waals surface area contributed by atoms with Gasteiger partial charge in [0.2, 0.25) is 11.1 Å². The average molecular weight is 451 g/mol. The van der Waals surface area contributed by atoms with E-state index in [4.69, 9.17) is 14.6 Å². The molecule has 8 heteroatoms. The summed E-state index contributed by atoms with van der Waals surface area (Å²) in [6, 6.07) is 17.5. The molecule has 32 heavy (non-hydrogen) atoms. The van der Waals surface area contributed by atoms with Crippen LogP contribution >= 0.6 is 11.8 Å². The van der Waals surface area contributed by atoms with Gasteiger partial charge in [-0.15, -0.1) is 5.10 Å². The van der Waals surface area contributed by atoms with Crippen LogP contribution in [-0.2, 0) is 15.3 Å². The van der Waals surface area contributed by atoms with Gasteiger partial charge in [-0.3, -0.25) is 0 Å². The predicted octanol–water partition coefficient (Wildman–Crippen LogP) is 4.82. The molecular weight excluding hydrogens is 424 g/mol. The molecule has 4 rings (SSSR count). The number of nitrogens with zero attached hydrogens (tertiary/aromatic N) is 3. The smallest absolute Gasteiger partial charge is 0.338 e. The molecule has 1 atom stereocenters. The number of carbonyl (C=O) groups is 1. The number of nitrogens with one attached hydrogen (secondary N) is 1. The van der Waals surface area contributed by atoms with E-state index in [0.29, 0.717) is 29.0 Å². The van der Waals surface area contributed by atoms with Crippen molar-refractivity contribution in [3.63, 3.8) is 0 Å². The van der Waals surface area contributed by atoms with Crippen molar-refractivity contribution in [1.29, 1.82) is 0 Å². The summed E-state index contributed by atoms with van der Waals surface area (Å²) in [6.45, 7) is 4.58. The van der Waals surface area contributed by atoms with Crippen molar-refractivity contribution in [1.82, 2.24) is 14.8 Å². The number of carbonyl (C=O) groups excluding carboxylic acids is 1. The van der Waals surface area contributed by atoms with Crippen molar-refractivity contribution < 1.29 is 14.3 Å². The molecule has 1 aromatic heterocycles. The number of fused-ring (bicyclic) bond motifs is 1. The second-order valence-corrected chi connectivity index (χ2v) is 8.35. The van der Waals surface area contributed by atoms with Crippen LogP contribution < -0.4 is 10.1 Å². The lowest BCUT2D eigenvalue weighted by Crippen LogP contribution is -2.29. The van der Waals surface area contributed by atoms with E-state index < -0.39 is 12.0 Å². The molecule has 0 saturated carbocycles. The maximum absolute atomic E-state index is 12.7. The molecule has 0 bridgehead atoms. The molecule has 0 saturated heterocycles. The average Bonchev–Trinajstić information content (AvgIpc) is 3.23. The highest BCUT2D eigenvalue weighted by molar-refractivity contribution is 7.98. The van der Waals surface area contributed by atoms with E-state index in [1.165, 1.54) is 12.7 Å². The van der Waals surface area contributed by atoms with Crippen LogP contribution in [0.25, 0.3) is 0 Å². The Bertz CT molecular complexity index is 1110. The second kappa shape index (κ2) is 9.91. The monoisotopic (exact) mass is 450 g/mol. The molecule has 1 aliphatic heterocycles. The number of methoxy groups -OCH3 is 1. The first-order valence-corrected chi connectivity index (χ1v) is 11.5. The van der Waals surface area contributed by atoms with Crippen LogP contribution in [0.3, 0.4) is 0 Å². The first-order valence-electron chi connectivity index (χ1n) is 10.5. The number of hydrogen-bond donors (Lipinski definition) is 1. The van der Waals surface area contributed by atoms with Crippen LogP contribution in [0.4, 0.5) is 5.95 Å². The van der Waals surface area contributed by atoms with Crippen molar-refractivity contribution in [2.24, 2.45) is 0 Å². The Morgan fingerprint density at radius 1 is 1.16 bits per heavy atom. The highest BCUT2D eigenvalue weighted by Gasteiger charge is 2.35. The lowest BCUT2D eigenvalue weighted by atomic mass is 9.96. The van der Waals surface area contributed by atoms with E-state index in [9.17, 15) is 4.79 Å². The molecule has 3 aromatic rings. The molecular formula is C24H26N4O3S. The van der Waals surface area contributed by atoms with Gasteiger partial charge < -0.3 is 14.8 Å². The van der Waals surface area contributed by atoms with Crippen molar-refractivity contribution in [3.05, 3.63) is 77.0 Å². The van der Waals surface area contributed by atoms with Gasteiger partial charge in [0.15, 0.2) is 0 Å². The first kappa shape index (κ1) is 22.0. The summed E-state index contributed by atoms with van der Waals surface area (Å²) in [7, 11) is 1.39. The molecule has 0 spiro atoms. The van der Waals surface area contributed by atoms with Gasteiger partial charge in [0, 0.05) is 11.4 Å². The van der Waals surface area contributed by atoms with Crippen LogP contribution in [0.15, 0.2) is 71.0 Å². The third-order valence-electron chi connectivity index (χ3n) is 5.12. The number of rotatable bonds is 8. The van der Waals surface area contributed by atoms with Gasteiger partial charge in [0.05, 0.1) is 19.3 Å². The third kappa shape index (κ3) is 4.65. The normalized spacial score (nSPS) is 15.2. The second-order valence-electron chi connectivity index (χ2n) is 7.41. The Morgan fingerprint density at radius 3 is 2.59 bits per heavy atom. The van der Waals surface area contributed by atoms with E-state index in [0.717, 1.165) is 23.5 Å². The Hall–Kier alpha value is -3.26. The Kier molecular flexibility index (Phi) is 6.80. The molecule has 166 valence electrons. The molecule has 0 amide bonds. The van der Waals surface area contributed by atoms with Crippen molar-refractivity contribution in [2.75, 3.05) is 19.0 Å². The minimum atomic E-state index is -0.447. The number of ether oxygens (including phenoxy) is 2. The summed E-state index contributed by atoms with van der Waals surface area (Å²) in [5.41, 5.74) is 3.31. The van der Waals surface area contributed by atoms with Gasteiger partial charge in [-0.2, -0.15) is 4.98 Å². The summed E-state index contributed by atoms with van der Waals surface area (Å²) in [5, 5.41) is 8.58. The van der Waals surface area contributed by atoms with Crippen molar-refractivity contribution in [3.8, 4) is 5.75 Å². The predicted molar refractivity (Wildman–Crippen MR) is 125 cm³/mol. The van der Waals surface area contributed by atoms with Crippen molar-refractivity contribution >= 4 is 23.7 Å². The zero-order valence-electron chi connectivity index (χ0n) is 18.4. The number of allylic oxidation sites excluding steroid dienone is 1. The molecule has 2 aromatic carbocycles. The maximum atomic E-state index is 12.7.